The van der Waals surface area contributed by atoms with Crippen LogP contribution >= 0.6 is 0 Å². The Hall–Kier alpha value is 0.392. The molecule has 3 heteroatoms. The van der Waals surface area contributed by atoms with Crippen molar-refractivity contribution in [1.29, 1.82) is 0 Å². The molecule has 0 aliphatic heterocycles. The largest absolute Gasteiger partial charge is 0.481 e. The Labute approximate surface area is 87.5 Å². The Kier molecular flexibility index (Phi) is 5.29. The van der Waals surface area contributed by atoms with Crippen LogP contribution < -0.4 is 0 Å². The van der Waals surface area contributed by atoms with E-state index in [0.717, 1.165) is 19.3 Å². The minimum atomic E-state index is -0.604. The molecule has 2 atom stereocenters. The third-order valence-electron chi connectivity index (χ3n) is 2.43. The third-order valence-corrected chi connectivity index (χ3v) is 2.43. The number of carboxylic acid groups (broad SMARTS) is 1. The molecule has 0 aromatic heterocycles. The van der Waals surface area contributed by atoms with Gasteiger partial charge in [0.1, 0.15) is 0 Å². The van der Waals surface area contributed by atoms with Gasteiger partial charge < -0.3 is 5.11 Å². The average Bonchev–Trinajstić information content (AvgIpc) is 1.88. The molecule has 1 rings (SSSR count). The van der Waals surface area contributed by atoms with Crippen LogP contribution in [0.4, 0.5) is 0 Å². The third kappa shape index (κ3) is 3.09. The standard InChI is InChI=1S/C8H14O2.Cd/c1-6-4-2-3-5-7(6)8(9)10;/h6-7H,2-5H2,1H3,(H,9,10);. The Morgan fingerprint density at radius 1 is 1.36 bits per heavy atom. The molecule has 1 N–H and O–H groups in total. The van der Waals surface area contributed by atoms with Crippen molar-refractivity contribution in [2.24, 2.45) is 11.8 Å². The van der Waals surface area contributed by atoms with E-state index < -0.39 is 5.97 Å². The molecule has 60 valence electrons. The normalized spacial score (nSPS) is 30.6. The molecule has 0 aromatic rings. The van der Waals surface area contributed by atoms with Crippen molar-refractivity contribution < 1.29 is 37.2 Å². The molecule has 0 amide bonds. The van der Waals surface area contributed by atoms with Crippen LogP contribution in [0.15, 0.2) is 0 Å². The Bertz CT molecular complexity index is 136. The van der Waals surface area contributed by atoms with E-state index in [1.54, 1.807) is 0 Å². The molecular formula is C8H14CdO2. The van der Waals surface area contributed by atoms with E-state index in [0.29, 0.717) is 5.92 Å². The van der Waals surface area contributed by atoms with Crippen LogP contribution in [0.1, 0.15) is 32.6 Å². The molecule has 2 nitrogen and oxygen atoms in total. The fraction of sp³-hybridized carbons (Fsp3) is 0.875. The number of hydrogen-bond donors (Lipinski definition) is 1. The van der Waals surface area contributed by atoms with Gasteiger partial charge >= 0.3 is 5.97 Å². The zero-order valence-electron chi connectivity index (χ0n) is 7.05. The summed E-state index contributed by atoms with van der Waals surface area (Å²) in [5, 5.41) is 8.71. The summed E-state index contributed by atoms with van der Waals surface area (Å²) >= 11 is 0. The van der Waals surface area contributed by atoms with Crippen LogP contribution in [-0.2, 0) is 32.1 Å². The van der Waals surface area contributed by atoms with Gasteiger partial charge in [0.15, 0.2) is 0 Å². The monoisotopic (exact) mass is 256 g/mol. The Morgan fingerprint density at radius 2 is 1.91 bits per heavy atom. The number of carboxylic acids is 1. The summed E-state index contributed by atoms with van der Waals surface area (Å²) < 4.78 is 0. The topological polar surface area (TPSA) is 37.3 Å². The summed E-state index contributed by atoms with van der Waals surface area (Å²) in [6, 6.07) is 0. The average molecular weight is 255 g/mol. The van der Waals surface area contributed by atoms with Crippen molar-refractivity contribution in [3.8, 4) is 0 Å². The summed E-state index contributed by atoms with van der Waals surface area (Å²) in [6.07, 6.45) is 4.29. The molecule has 1 aliphatic carbocycles. The van der Waals surface area contributed by atoms with Gasteiger partial charge in [0.25, 0.3) is 0 Å². The molecule has 0 heterocycles. The molecule has 1 aliphatic rings. The maximum atomic E-state index is 10.6. The van der Waals surface area contributed by atoms with Crippen molar-refractivity contribution in [2.45, 2.75) is 32.6 Å². The first-order chi connectivity index (χ1) is 4.72. The van der Waals surface area contributed by atoms with E-state index in [1.807, 2.05) is 6.92 Å². The number of aliphatic carboxylic acids is 1. The van der Waals surface area contributed by atoms with E-state index >= 15 is 0 Å². The number of rotatable bonds is 1. The minimum Gasteiger partial charge on any atom is -0.481 e. The predicted octanol–water partition coefficient (Wildman–Crippen LogP) is 1.89. The van der Waals surface area contributed by atoms with Crippen LogP contribution in [0.2, 0.25) is 0 Å². The van der Waals surface area contributed by atoms with Crippen molar-refractivity contribution in [3.63, 3.8) is 0 Å². The second-order valence-corrected chi connectivity index (χ2v) is 3.21. The maximum absolute atomic E-state index is 10.6. The Morgan fingerprint density at radius 3 is 2.27 bits per heavy atom. The van der Waals surface area contributed by atoms with E-state index in [4.69, 9.17) is 5.11 Å². The first-order valence-corrected chi connectivity index (χ1v) is 3.94. The van der Waals surface area contributed by atoms with E-state index in [1.165, 1.54) is 6.42 Å². The molecule has 1 fully saturated rings. The van der Waals surface area contributed by atoms with Crippen molar-refractivity contribution >= 4 is 5.97 Å². The van der Waals surface area contributed by atoms with Gasteiger partial charge in [-0.15, -0.1) is 0 Å². The van der Waals surface area contributed by atoms with E-state index in [-0.39, 0.29) is 33.2 Å². The van der Waals surface area contributed by atoms with Crippen LogP contribution in [0, 0.1) is 11.8 Å². The van der Waals surface area contributed by atoms with Crippen LogP contribution in [-0.4, -0.2) is 11.1 Å². The molecule has 0 radical (unpaired) electrons. The van der Waals surface area contributed by atoms with E-state index in [2.05, 4.69) is 0 Å². The van der Waals surface area contributed by atoms with Crippen LogP contribution in [0.3, 0.4) is 0 Å². The van der Waals surface area contributed by atoms with Gasteiger partial charge in [0.05, 0.1) is 5.92 Å². The van der Waals surface area contributed by atoms with Crippen molar-refractivity contribution in [2.75, 3.05) is 0 Å². The van der Waals surface area contributed by atoms with E-state index in [9.17, 15) is 4.79 Å². The van der Waals surface area contributed by atoms with Gasteiger partial charge in [-0.3, -0.25) is 4.79 Å². The molecule has 0 saturated heterocycles. The second-order valence-electron chi connectivity index (χ2n) is 3.21. The van der Waals surface area contributed by atoms with Crippen LogP contribution in [0.25, 0.3) is 0 Å². The zero-order chi connectivity index (χ0) is 7.56. The quantitative estimate of drug-likeness (QED) is 0.726. The predicted molar refractivity (Wildman–Crippen MR) is 38.8 cm³/mol. The molecule has 0 aromatic carbocycles. The second kappa shape index (κ2) is 5.11. The molecule has 0 bridgehead atoms. The fourth-order valence-electron chi connectivity index (χ4n) is 1.68. The van der Waals surface area contributed by atoms with Gasteiger partial charge in [-0.2, -0.15) is 0 Å². The molecule has 2 unspecified atom stereocenters. The van der Waals surface area contributed by atoms with Crippen LogP contribution in [0.5, 0.6) is 0 Å². The first-order valence-electron chi connectivity index (χ1n) is 3.94. The summed E-state index contributed by atoms with van der Waals surface area (Å²) in [6.45, 7) is 2.04. The summed E-state index contributed by atoms with van der Waals surface area (Å²) in [5.74, 6) is -0.271. The SMILES string of the molecule is CC1CCCCC1C(=O)O.[Cd]. The number of carbonyl (C=O) groups is 1. The molecular weight excluding hydrogens is 240 g/mol. The van der Waals surface area contributed by atoms with Crippen molar-refractivity contribution in [1.82, 2.24) is 0 Å². The first kappa shape index (κ1) is 11.4. The Balaban J connectivity index is 0.000001000. The smallest absolute Gasteiger partial charge is 0.306 e. The maximum Gasteiger partial charge on any atom is 0.306 e. The van der Waals surface area contributed by atoms with Gasteiger partial charge in [-0.25, -0.2) is 0 Å². The van der Waals surface area contributed by atoms with Gasteiger partial charge in [0.2, 0.25) is 0 Å². The van der Waals surface area contributed by atoms with Gasteiger partial charge in [-0.1, -0.05) is 19.8 Å². The van der Waals surface area contributed by atoms with Gasteiger partial charge in [0, 0.05) is 27.3 Å². The fourth-order valence-corrected chi connectivity index (χ4v) is 1.68. The molecule has 11 heavy (non-hydrogen) atoms. The van der Waals surface area contributed by atoms with Crippen molar-refractivity contribution in [3.05, 3.63) is 0 Å². The summed E-state index contributed by atoms with van der Waals surface area (Å²) in [5.41, 5.74) is 0. The number of hydrogen-bond acceptors (Lipinski definition) is 1. The molecule has 1 saturated carbocycles. The zero-order valence-corrected chi connectivity index (χ0v) is 11.1. The van der Waals surface area contributed by atoms with Gasteiger partial charge in [-0.05, 0) is 18.8 Å². The summed E-state index contributed by atoms with van der Waals surface area (Å²) in [4.78, 5) is 10.6. The molecule has 0 spiro atoms. The minimum absolute atomic E-state index is 0. The summed E-state index contributed by atoms with van der Waals surface area (Å²) in [7, 11) is 0.